The first-order chi connectivity index (χ1) is 12.9. The molecule has 1 saturated heterocycles. The second-order valence-electron chi connectivity index (χ2n) is 7.92. The van der Waals surface area contributed by atoms with Gasteiger partial charge >= 0.3 is 0 Å². The summed E-state index contributed by atoms with van der Waals surface area (Å²) in [6, 6.07) is 6.89. The molecule has 3 rings (SSSR count). The van der Waals surface area contributed by atoms with E-state index >= 15 is 0 Å². The first-order valence-corrected chi connectivity index (χ1v) is 11.4. The Bertz CT molecular complexity index is 759. The molecule has 0 amide bonds. The van der Waals surface area contributed by atoms with Gasteiger partial charge in [-0.2, -0.15) is 0 Å². The fourth-order valence-electron chi connectivity index (χ4n) is 4.32. The largest absolute Gasteiger partial charge is 0.355 e. The van der Waals surface area contributed by atoms with Crippen LogP contribution in [0.15, 0.2) is 34.2 Å². The van der Waals surface area contributed by atoms with Crippen molar-refractivity contribution in [2.75, 3.05) is 33.2 Å². The van der Waals surface area contributed by atoms with Gasteiger partial charge in [-0.05, 0) is 43.7 Å². The topological polar surface area (TPSA) is 73.8 Å². The summed E-state index contributed by atoms with van der Waals surface area (Å²) < 4.78 is 27.3. The molecule has 1 aliphatic carbocycles. The number of nitrogens with zero attached hydrogens (tertiary/aromatic N) is 2. The van der Waals surface area contributed by atoms with Crippen molar-refractivity contribution in [3.05, 3.63) is 29.8 Å². The van der Waals surface area contributed by atoms with Crippen molar-refractivity contribution >= 4 is 40.0 Å². The Morgan fingerprint density at radius 2 is 1.79 bits per heavy atom. The first-order valence-electron chi connectivity index (χ1n) is 9.96. The molecule has 0 unspecified atom stereocenters. The molecule has 2 fully saturated rings. The van der Waals surface area contributed by atoms with Crippen LogP contribution in [-0.2, 0) is 10.0 Å². The molecule has 1 aliphatic heterocycles. The van der Waals surface area contributed by atoms with Gasteiger partial charge in [-0.1, -0.05) is 37.0 Å². The summed E-state index contributed by atoms with van der Waals surface area (Å²) in [7, 11) is -1.67. The number of aryl methyl sites for hydroxylation is 1. The molecular weight excluding hydrogens is 487 g/mol. The predicted molar refractivity (Wildman–Crippen MR) is 125 cm³/mol. The van der Waals surface area contributed by atoms with Gasteiger partial charge in [0.05, 0.1) is 4.90 Å². The number of aliphatic imine (C=N–C) groups is 1. The van der Waals surface area contributed by atoms with Crippen LogP contribution in [0.3, 0.4) is 0 Å². The van der Waals surface area contributed by atoms with Gasteiger partial charge in [0.15, 0.2) is 5.96 Å². The fourth-order valence-corrected chi connectivity index (χ4v) is 5.35. The van der Waals surface area contributed by atoms with Crippen LogP contribution in [0, 0.1) is 12.3 Å². The normalized spacial score (nSPS) is 19.5. The summed E-state index contributed by atoms with van der Waals surface area (Å²) in [5.41, 5.74) is 1.52. The Hall–Kier alpha value is -0.870. The molecule has 1 heterocycles. The molecule has 0 bridgehead atoms. The van der Waals surface area contributed by atoms with E-state index in [0.717, 1.165) is 24.6 Å². The Kier molecular flexibility index (Phi) is 8.57. The van der Waals surface area contributed by atoms with Gasteiger partial charge in [-0.25, -0.2) is 13.1 Å². The van der Waals surface area contributed by atoms with Crippen LogP contribution >= 0.6 is 24.0 Å². The molecule has 158 valence electrons. The second-order valence-corrected chi connectivity index (χ2v) is 9.68. The van der Waals surface area contributed by atoms with E-state index in [2.05, 4.69) is 19.9 Å². The Balaban J connectivity index is 0.00000280. The molecule has 0 radical (unpaired) electrons. The average molecular weight is 520 g/mol. The van der Waals surface area contributed by atoms with Gasteiger partial charge < -0.3 is 10.2 Å². The van der Waals surface area contributed by atoms with Crippen molar-refractivity contribution in [2.45, 2.75) is 50.3 Å². The quantitative estimate of drug-likeness (QED) is 0.271. The van der Waals surface area contributed by atoms with Crippen LogP contribution in [0.1, 0.15) is 44.1 Å². The van der Waals surface area contributed by atoms with Gasteiger partial charge in [0.1, 0.15) is 0 Å². The Morgan fingerprint density at radius 1 is 1.11 bits per heavy atom. The SMILES string of the molecule is CN=C(NCCNS(=O)(=O)c1ccc(C)cc1)N1CCC2(CCCCC2)C1.I. The van der Waals surface area contributed by atoms with E-state index in [4.69, 9.17) is 0 Å². The number of likely N-dealkylation sites (tertiary alicyclic amines) is 1. The lowest BCUT2D eigenvalue weighted by molar-refractivity contribution is 0.203. The molecular formula is C20H33IN4O2S. The molecule has 1 aromatic carbocycles. The lowest BCUT2D eigenvalue weighted by atomic mass is 9.73. The number of halogens is 1. The number of nitrogens with one attached hydrogen (secondary N) is 2. The van der Waals surface area contributed by atoms with Gasteiger partial charge in [0.2, 0.25) is 10.0 Å². The zero-order chi connectivity index (χ0) is 19.3. The maximum Gasteiger partial charge on any atom is 0.240 e. The summed E-state index contributed by atoms with van der Waals surface area (Å²) >= 11 is 0. The van der Waals surface area contributed by atoms with E-state index in [9.17, 15) is 8.42 Å². The standard InChI is InChI=1S/C20H32N4O2S.HI/c1-17-6-8-18(9-7-17)27(25,26)23-14-13-22-19(21-2)24-15-12-20(16-24)10-4-3-5-11-20;/h6-9,23H,3-5,10-16H2,1-2H3,(H,21,22);1H. The summed E-state index contributed by atoms with van der Waals surface area (Å²) in [5, 5.41) is 3.32. The third-order valence-electron chi connectivity index (χ3n) is 5.90. The van der Waals surface area contributed by atoms with Crippen LogP contribution in [0.5, 0.6) is 0 Å². The molecule has 2 N–H and O–H groups in total. The van der Waals surface area contributed by atoms with Gasteiger partial charge in [-0.15, -0.1) is 24.0 Å². The average Bonchev–Trinajstić information content (AvgIpc) is 3.06. The highest BCUT2D eigenvalue weighted by molar-refractivity contribution is 14.0. The highest BCUT2D eigenvalue weighted by atomic mass is 127. The number of hydrogen-bond donors (Lipinski definition) is 2. The van der Waals surface area contributed by atoms with Crippen LogP contribution in [-0.4, -0.2) is 52.5 Å². The summed E-state index contributed by atoms with van der Waals surface area (Å²) in [5.74, 6) is 0.881. The zero-order valence-electron chi connectivity index (χ0n) is 16.9. The van der Waals surface area contributed by atoms with E-state index < -0.39 is 10.0 Å². The molecule has 2 aliphatic rings. The minimum absolute atomic E-state index is 0. The van der Waals surface area contributed by atoms with E-state index in [1.807, 2.05) is 19.1 Å². The van der Waals surface area contributed by atoms with E-state index in [1.54, 1.807) is 19.2 Å². The number of rotatable bonds is 5. The predicted octanol–water partition coefficient (Wildman–Crippen LogP) is 3.12. The van der Waals surface area contributed by atoms with Gasteiger partial charge in [-0.3, -0.25) is 4.99 Å². The molecule has 6 nitrogen and oxygen atoms in total. The first kappa shape index (κ1) is 23.4. The summed E-state index contributed by atoms with van der Waals surface area (Å²) in [6.45, 7) is 4.89. The number of sulfonamides is 1. The molecule has 1 spiro atoms. The number of guanidine groups is 1. The summed E-state index contributed by atoms with van der Waals surface area (Å²) in [4.78, 5) is 7.04. The van der Waals surface area contributed by atoms with Crippen LogP contribution in [0.4, 0.5) is 0 Å². The van der Waals surface area contributed by atoms with Crippen LogP contribution < -0.4 is 10.0 Å². The van der Waals surface area contributed by atoms with Crippen molar-refractivity contribution in [3.8, 4) is 0 Å². The molecule has 0 aromatic heterocycles. The van der Waals surface area contributed by atoms with E-state index in [1.165, 1.54) is 38.5 Å². The number of hydrogen-bond acceptors (Lipinski definition) is 3. The minimum atomic E-state index is -3.47. The van der Waals surface area contributed by atoms with Gasteiger partial charge in [0, 0.05) is 33.2 Å². The Morgan fingerprint density at radius 3 is 2.43 bits per heavy atom. The fraction of sp³-hybridized carbons (Fsp3) is 0.650. The second kappa shape index (κ2) is 10.2. The maximum absolute atomic E-state index is 12.3. The van der Waals surface area contributed by atoms with Gasteiger partial charge in [0.25, 0.3) is 0 Å². The van der Waals surface area contributed by atoms with Crippen molar-refractivity contribution in [1.29, 1.82) is 0 Å². The maximum atomic E-state index is 12.3. The van der Waals surface area contributed by atoms with Crippen LogP contribution in [0.25, 0.3) is 0 Å². The van der Waals surface area contributed by atoms with E-state index in [-0.39, 0.29) is 24.0 Å². The monoisotopic (exact) mass is 520 g/mol. The molecule has 8 heteroatoms. The zero-order valence-corrected chi connectivity index (χ0v) is 20.1. The number of benzene rings is 1. The van der Waals surface area contributed by atoms with Crippen molar-refractivity contribution < 1.29 is 8.42 Å². The molecule has 1 aromatic rings. The third kappa shape index (κ3) is 5.82. The third-order valence-corrected chi connectivity index (χ3v) is 7.37. The smallest absolute Gasteiger partial charge is 0.240 e. The Labute approximate surface area is 186 Å². The van der Waals surface area contributed by atoms with Crippen molar-refractivity contribution in [3.63, 3.8) is 0 Å². The van der Waals surface area contributed by atoms with Crippen LogP contribution in [0.2, 0.25) is 0 Å². The van der Waals surface area contributed by atoms with E-state index in [0.29, 0.717) is 23.4 Å². The lowest BCUT2D eigenvalue weighted by Crippen LogP contribution is -2.44. The summed E-state index contributed by atoms with van der Waals surface area (Å²) in [6.07, 6.45) is 7.97. The molecule has 1 saturated carbocycles. The highest BCUT2D eigenvalue weighted by Crippen LogP contribution is 2.43. The molecule has 28 heavy (non-hydrogen) atoms. The lowest BCUT2D eigenvalue weighted by Gasteiger charge is -2.33. The highest BCUT2D eigenvalue weighted by Gasteiger charge is 2.39. The van der Waals surface area contributed by atoms with Crippen molar-refractivity contribution in [2.24, 2.45) is 10.4 Å². The van der Waals surface area contributed by atoms with Crippen molar-refractivity contribution in [1.82, 2.24) is 14.9 Å². The minimum Gasteiger partial charge on any atom is -0.355 e. The molecule has 0 atom stereocenters.